The number of hydrazine groups is 1. The van der Waals surface area contributed by atoms with Crippen molar-refractivity contribution in [1.29, 1.82) is 0 Å². The molecule has 0 aromatic heterocycles. The van der Waals surface area contributed by atoms with E-state index in [1.54, 1.807) is 0 Å². The van der Waals surface area contributed by atoms with E-state index in [1.165, 1.54) is 0 Å². The molecular formula is C6H14N2O2S. The van der Waals surface area contributed by atoms with Crippen LogP contribution in [0.4, 0.5) is 0 Å². The first kappa shape index (κ1) is 8.96. The monoisotopic (exact) mass is 178 g/mol. The molecule has 0 radical (unpaired) electrons. The number of sulfone groups is 1. The summed E-state index contributed by atoms with van der Waals surface area (Å²) in [5.41, 5.74) is 2.58. The smallest absolute Gasteiger partial charge is 0.150 e. The quantitative estimate of drug-likeness (QED) is 0.432. The van der Waals surface area contributed by atoms with Crippen LogP contribution in [0.5, 0.6) is 0 Å². The summed E-state index contributed by atoms with van der Waals surface area (Å²) in [6.45, 7) is 1.91. The lowest BCUT2D eigenvalue weighted by Crippen LogP contribution is -2.38. The van der Waals surface area contributed by atoms with E-state index < -0.39 is 9.84 Å². The lowest BCUT2D eigenvalue weighted by molar-refractivity contribution is 0.414. The first-order valence-electron chi connectivity index (χ1n) is 3.72. The number of hydrogen-bond acceptors (Lipinski definition) is 4. The maximum atomic E-state index is 11.0. The molecule has 3 N–H and O–H groups in total. The SMILES string of the molecule is CC(NN)C1CCS(=O)(=O)C1. The molecule has 66 valence electrons. The maximum Gasteiger partial charge on any atom is 0.150 e. The van der Waals surface area contributed by atoms with Crippen molar-refractivity contribution in [2.75, 3.05) is 11.5 Å². The van der Waals surface area contributed by atoms with Crippen molar-refractivity contribution in [3.63, 3.8) is 0 Å². The minimum absolute atomic E-state index is 0.104. The molecule has 1 aliphatic heterocycles. The molecule has 5 heteroatoms. The zero-order chi connectivity index (χ0) is 8.48. The Morgan fingerprint density at radius 1 is 1.64 bits per heavy atom. The molecule has 11 heavy (non-hydrogen) atoms. The Balaban J connectivity index is 2.55. The average Bonchev–Trinajstić information content (AvgIpc) is 2.29. The molecule has 0 bridgehead atoms. The molecule has 4 nitrogen and oxygen atoms in total. The second-order valence-electron chi connectivity index (χ2n) is 3.12. The molecule has 0 aliphatic carbocycles. The van der Waals surface area contributed by atoms with Gasteiger partial charge in [-0.05, 0) is 19.3 Å². The number of nitrogens with one attached hydrogen (secondary N) is 1. The van der Waals surface area contributed by atoms with Gasteiger partial charge in [0.05, 0.1) is 11.5 Å². The summed E-state index contributed by atoms with van der Waals surface area (Å²) in [5.74, 6) is 6.01. The highest BCUT2D eigenvalue weighted by Crippen LogP contribution is 2.20. The number of hydrogen-bond donors (Lipinski definition) is 2. The van der Waals surface area contributed by atoms with Crippen LogP contribution in [0.2, 0.25) is 0 Å². The van der Waals surface area contributed by atoms with Crippen molar-refractivity contribution < 1.29 is 8.42 Å². The molecule has 2 unspecified atom stereocenters. The molecule has 2 atom stereocenters. The molecule has 1 aliphatic rings. The van der Waals surface area contributed by atoms with Gasteiger partial charge >= 0.3 is 0 Å². The molecule has 0 amide bonds. The van der Waals surface area contributed by atoms with Gasteiger partial charge in [0, 0.05) is 6.04 Å². The first-order chi connectivity index (χ1) is 5.05. The summed E-state index contributed by atoms with van der Waals surface area (Å²) in [4.78, 5) is 0. The van der Waals surface area contributed by atoms with Crippen molar-refractivity contribution in [3.05, 3.63) is 0 Å². The molecule has 0 aromatic rings. The van der Waals surface area contributed by atoms with Crippen molar-refractivity contribution in [2.45, 2.75) is 19.4 Å². The van der Waals surface area contributed by atoms with Crippen molar-refractivity contribution in [3.8, 4) is 0 Å². The van der Waals surface area contributed by atoms with E-state index >= 15 is 0 Å². The number of nitrogens with two attached hydrogens (primary N) is 1. The standard InChI is InChI=1S/C6H14N2O2S/c1-5(8-7)6-2-3-11(9,10)4-6/h5-6,8H,2-4,7H2,1H3. The van der Waals surface area contributed by atoms with Gasteiger partial charge < -0.3 is 0 Å². The molecule has 1 saturated heterocycles. The molecule has 1 fully saturated rings. The Morgan fingerprint density at radius 2 is 2.27 bits per heavy atom. The van der Waals surface area contributed by atoms with E-state index in [2.05, 4.69) is 5.43 Å². The Hall–Kier alpha value is -0.130. The van der Waals surface area contributed by atoms with Gasteiger partial charge in [-0.2, -0.15) is 0 Å². The van der Waals surface area contributed by atoms with Gasteiger partial charge in [0.2, 0.25) is 0 Å². The number of rotatable bonds is 2. The second kappa shape index (κ2) is 3.08. The normalized spacial score (nSPS) is 32.0. The average molecular weight is 178 g/mol. The van der Waals surface area contributed by atoms with Gasteiger partial charge in [-0.3, -0.25) is 11.3 Å². The van der Waals surface area contributed by atoms with E-state index in [0.29, 0.717) is 11.5 Å². The lowest BCUT2D eigenvalue weighted by Gasteiger charge is -2.15. The second-order valence-corrected chi connectivity index (χ2v) is 5.35. The van der Waals surface area contributed by atoms with E-state index in [-0.39, 0.29) is 12.0 Å². The van der Waals surface area contributed by atoms with Crippen molar-refractivity contribution >= 4 is 9.84 Å². The van der Waals surface area contributed by atoms with Gasteiger partial charge in [0.25, 0.3) is 0 Å². The van der Waals surface area contributed by atoms with E-state index in [1.807, 2.05) is 6.92 Å². The largest absolute Gasteiger partial charge is 0.271 e. The van der Waals surface area contributed by atoms with Gasteiger partial charge in [-0.1, -0.05) is 0 Å². The summed E-state index contributed by atoms with van der Waals surface area (Å²) in [6, 6.07) is 0.104. The lowest BCUT2D eigenvalue weighted by atomic mass is 10.0. The summed E-state index contributed by atoms with van der Waals surface area (Å²) >= 11 is 0. The minimum Gasteiger partial charge on any atom is -0.271 e. The molecular weight excluding hydrogens is 164 g/mol. The third-order valence-corrected chi connectivity index (χ3v) is 4.03. The zero-order valence-electron chi connectivity index (χ0n) is 6.58. The highest BCUT2D eigenvalue weighted by Gasteiger charge is 2.30. The van der Waals surface area contributed by atoms with Crippen LogP contribution in [0.1, 0.15) is 13.3 Å². The van der Waals surface area contributed by atoms with Crippen LogP contribution in [0.15, 0.2) is 0 Å². The first-order valence-corrected chi connectivity index (χ1v) is 5.54. The molecule has 0 aromatic carbocycles. The van der Waals surface area contributed by atoms with Crippen LogP contribution in [-0.2, 0) is 9.84 Å². The third-order valence-electron chi connectivity index (χ3n) is 2.24. The zero-order valence-corrected chi connectivity index (χ0v) is 7.39. The van der Waals surface area contributed by atoms with Gasteiger partial charge in [-0.25, -0.2) is 8.42 Å². The van der Waals surface area contributed by atoms with Crippen LogP contribution >= 0.6 is 0 Å². The summed E-state index contributed by atoms with van der Waals surface area (Å²) < 4.78 is 22.0. The van der Waals surface area contributed by atoms with Gasteiger partial charge in [0.1, 0.15) is 0 Å². The Morgan fingerprint density at radius 3 is 2.64 bits per heavy atom. The van der Waals surface area contributed by atoms with Crippen LogP contribution in [-0.4, -0.2) is 26.0 Å². The summed E-state index contributed by atoms with van der Waals surface area (Å²) in [7, 11) is -2.75. The topological polar surface area (TPSA) is 72.2 Å². The molecule has 1 heterocycles. The fourth-order valence-electron chi connectivity index (χ4n) is 1.35. The van der Waals surface area contributed by atoms with Gasteiger partial charge in [-0.15, -0.1) is 0 Å². The Bertz CT molecular complexity index is 225. The summed E-state index contributed by atoms with van der Waals surface area (Å²) in [6.07, 6.45) is 0.744. The van der Waals surface area contributed by atoms with Crippen LogP contribution in [0, 0.1) is 5.92 Å². The Labute approximate surface area is 67.0 Å². The fourth-order valence-corrected chi connectivity index (χ4v) is 3.29. The molecule has 0 spiro atoms. The fraction of sp³-hybridized carbons (Fsp3) is 1.00. The highest BCUT2D eigenvalue weighted by atomic mass is 32.2. The minimum atomic E-state index is -2.75. The van der Waals surface area contributed by atoms with E-state index in [0.717, 1.165) is 6.42 Å². The maximum absolute atomic E-state index is 11.0. The van der Waals surface area contributed by atoms with Crippen LogP contribution in [0.25, 0.3) is 0 Å². The van der Waals surface area contributed by atoms with Crippen molar-refractivity contribution in [2.24, 2.45) is 11.8 Å². The van der Waals surface area contributed by atoms with Gasteiger partial charge in [0.15, 0.2) is 9.84 Å². The molecule has 0 saturated carbocycles. The summed E-state index contributed by atoms with van der Waals surface area (Å²) in [5, 5.41) is 0. The van der Waals surface area contributed by atoms with Crippen molar-refractivity contribution in [1.82, 2.24) is 5.43 Å². The van der Waals surface area contributed by atoms with E-state index in [4.69, 9.17) is 5.84 Å². The highest BCUT2D eigenvalue weighted by molar-refractivity contribution is 7.91. The van der Waals surface area contributed by atoms with Crippen LogP contribution in [0.3, 0.4) is 0 Å². The van der Waals surface area contributed by atoms with Crippen LogP contribution < -0.4 is 11.3 Å². The van der Waals surface area contributed by atoms with E-state index in [9.17, 15) is 8.42 Å². The predicted molar refractivity (Wildman–Crippen MR) is 43.5 cm³/mol. The predicted octanol–water partition coefficient (Wildman–Crippen LogP) is -0.727. The molecule has 1 rings (SSSR count). The Kier molecular flexibility index (Phi) is 2.51. The third kappa shape index (κ3) is 2.15.